The number of ketones is 1. The standard InChI is InChI=1S/C13H25NO/c1-13(2,8-9-14)7-6-12(15)10-11-4-3-5-11/h11H,3-10,14H2,1-2H3. The van der Waals surface area contributed by atoms with E-state index in [-0.39, 0.29) is 5.41 Å². The molecule has 0 unspecified atom stereocenters. The van der Waals surface area contributed by atoms with Gasteiger partial charge >= 0.3 is 0 Å². The SMILES string of the molecule is CC(C)(CCN)CCC(=O)CC1CCC1. The summed E-state index contributed by atoms with van der Waals surface area (Å²) in [5.74, 6) is 1.18. The van der Waals surface area contributed by atoms with Crippen molar-refractivity contribution in [3.8, 4) is 0 Å². The van der Waals surface area contributed by atoms with E-state index in [1.165, 1.54) is 19.3 Å². The number of carbonyl (C=O) groups excluding carboxylic acids is 1. The highest BCUT2D eigenvalue weighted by Crippen LogP contribution is 2.31. The van der Waals surface area contributed by atoms with Gasteiger partial charge in [0.1, 0.15) is 5.78 Å². The van der Waals surface area contributed by atoms with Crippen molar-refractivity contribution < 1.29 is 4.79 Å². The van der Waals surface area contributed by atoms with E-state index in [4.69, 9.17) is 5.73 Å². The molecule has 2 heteroatoms. The quantitative estimate of drug-likeness (QED) is 0.703. The van der Waals surface area contributed by atoms with Crippen LogP contribution < -0.4 is 5.73 Å². The number of hydrogen-bond acceptors (Lipinski definition) is 2. The molecule has 1 fully saturated rings. The zero-order chi connectivity index (χ0) is 11.3. The third-order valence-corrected chi connectivity index (χ3v) is 3.64. The summed E-state index contributed by atoms with van der Waals surface area (Å²) in [6.07, 6.45) is 7.48. The van der Waals surface area contributed by atoms with Crippen molar-refractivity contribution in [3.05, 3.63) is 0 Å². The van der Waals surface area contributed by atoms with Gasteiger partial charge in [0.2, 0.25) is 0 Å². The van der Waals surface area contributed by atoms with Gasteiger partial charge in [-0.1, -0.05) is 33.1 Å². The van der Waals surface area contributed by atoms with Crippen molar-refractivity contribution in [3.63, 3.8) is 0 Å². The third-order valence-electron chi connectivity index (χ3n) is 3.64. The van der Waals surface area contributed by atoms with Gasteiger partial charge in [-0.2, -0.15) is 0 Å². The van der Waals surface area contributed by atoms with Gasteiger partial charge in [-0.05, 0) is 30.7 Å². The largest absolute Gasteiger partial charge is 0.330 e. The summed E-state index contributed by atoms with van der Waals surface area (Å²) < 4.78 is 0. The molecular formula is C13H25NO. The fourth-order valence-corrected chi connectivity index (χ4v) is 2.11. The second-order valence-electron chi connectivity index (χ2n) is 5.74. The Morgan fingerprint density at radius 3 is 2.47 bits per heavy atom. The van der Waals surface area contributed by atoms with Crippen LogP contribution in [0.15, 0.2) is 0 Å². The first-order chi connectivity index (χ1) is 7.03. The first-order valence-corrected chi connectivity index (χ1v) is 6.25. The second kappa shape index (κ2) is 5.64. The molecule has 0 amide bonds. The van der Waals surface area contributed by atoms with Crippen LogP contribution in [0.3, 0.4) is 0 Å². The van der Waals surface area contributed by atoms with Gasteiger partial charge in [-0.15, -0.1) is 0 Å². The Balaban J connectivity index is 2.14. The Labute approximate surface area is 93.6 Å². The van der Waals surface area contributed by atoms with Crippen LogP contribution in [0.4, 0.5) is 0 Å². The van der Waals surface area contributed by atoms with E-state index >= 15 is 0 Å². The molecule has 0 atom stereocenters. The molecule has 1 aliphatic rings. The van der Waals surface area contributed by atoms with Crippen LogP contribution in [0.1, 0.15) is 58.8 Å². The van der Waals surface area contributed by atoms with Crippen molar-refractivity contribution in [1.29, 1.82) is 0 Å². The lowest BCUT2D eigenvalue weighted by atomic mass is 9.79. The first-order valence-electron chi connectivity index (χ1n) is 6.25. The third kappa shape index (κ3) is 4.78. The van der Waals surface area contributed by atoms with Gasteiger partial charge in [0.15, 0.2) is 0 Å². The van der Waals surface area contributed by atoms with Crippen molar-refractivity contribution in [2.45, 2.75) is 58.8 Å². The number of rotatable bonds is 7. The maximum Gasteiger partial charge on any atom is 0.133 e. The van der Waals surface area contributed by atoms with Crippen LogP contribution in [0.25, 0.3) is 0 Å². The van der Waals surface area contributed by atoms with E-state index in [0.29, 0.717) is 5.78 Å². The van der Waals surface area contributed by atoms with E-state index in [1.807, 2.05) is 0 Å². The Morgan fingerprint density at radius 2 is 2.00 bits per heavy atom. The molecule has 0 aliphatic heterocycles. The molecule has 0 spiro atoms. The second-order valence-corrected chi connectivity index (χ2v) is 5.74. The van der Waals surface area contributed by atoms with Crippen LogP contribution in [-0.2, 0) is 4.79 Å². The molecule has 2 N–H and O–H groups in total. The predicted molar refractivity (Wildman–Crippen MR) is 63.7 cm³/mol. The molecule has 0 aromatic carbocycles. The molecule has 1 rings (SSSR count). The number of hydrogen-bond donors (Lipinski definition) is 1. The van der Waals surface area contributed by atoms with Crippen molar-refractivity contribution >= 4 is 5.78 Å². The molecule has 15 heavy (non-hydrogen) atoms. The first kappa shape index (κ1) is 12.7. The molecule has 0 radical (unpaired) electrons. The van der Waals surface area contributed by atoms with Crippen molar-refractivity contribution in [1.82, 2.24) is 0 Å². The van der Waals surface area contributed by atoms with E-state index in [2.05, 4.69) is 13.8 Å². The summed E-state index contributed by atoms with van der Waals surface area (Å²) in [4.78, 5) is 11.7. The van der Waals surface area contributed by atoms with E-state index in [0.717, 1.165) is 38.1 Å². The van der Waals surface area contributed by atoms with Crippen LogP contribution in [0.5, 0.6) is 0 Å². The Morgan fingerprint density at radius 1 is 1.33 bits per heavy atom. The average molecular weight is 211 g/mol. The topological polar surface area (TPSA) is 43.1 Å². The highest BCUT2D eigenvalue weighted by atomic mass is 16.1. The highest BCUT2D eigenvalue weighted by molar-refractivity contribution is 5.78. The van der Waals surface area contributed by atoms with Crippen LogP contribution in [0, 0.1) is 11.3 Å². The van der Waals surface area contributed by atoms with Crippen molar-refractivity contribution in [2.24, 2.45) is 17.1 Å². The summed E-state index contributed by atoms with van der Waals surface area (Å²) in [6, 6.07) is 0. The molecule has 1 aliphatic carbocycles. The van der Waals surface area contributed by atoms with Gasteiger partial charge in [0.25, 0.3) is 0 Å². The average Bonchev–Trinajstić information content (AvgIpc) is 2.08. The predicted octanol–water partition coefficient (Wildman–Crippen LogP) is 2.90. The number of Topliss-reactive ketones (excluding diaryl/α,β-unsaturated/α-hetero) is 1. The fourth-order valence-electron chi connectivity index (χ4n) is 2.11. The lowest BCUT2D eigenvalue weighted by molar-refractivity contribution is -0.121. The van der Waals surface area contributed by atoms with Crippen molar-refractivity contribution in [2.75, 3.05) is 6.54 Å². The minimum atomic E-state index is 0.240. The molecule has 0 aromatic rings. The van der Waals surface area contributed by atoms with Gasteiger partial charge in [0, 0.05) is 12.8 Å². The molecule has 1 saturated carbocycles. The molecule has 2 nitrogen and oxygen atoms in total. The van der Waals surface area contributed by atoms with E-state index in [9.17, 15) is 4.79 Å². The van der Waals surface area contributed by atoms with E-state index < -0.39 is 0 Å². The minimum Gasteiger partial charge on any atom is -0.330 e. The normalized spacial score (nSPS) is 17.5. The molecule has 0 bridgehead atoms. The molecule has 0 heterocycles. The van der Waals surface area contributed by atoms with Crippen LogP contribution in [0.2, 0.25) is 0 Å². The zero-order valence-corrected chi connectivity index (χ0v) is 10.2. The van der Waals surface area contributed by atoms with E-state index in [1.54, 1.807) is 0 Å². The summed E-state index contributed by atoms with van der Waals surface area (Å²) in [6.45, 7) is 5.14. The van der Waals surface area contributed by atoms with Crippen LogP contribution >= 0.6 is 0 Å². The zero-order valence-electron chi connectivity index (χ0n) is 10.2. The Bertz CT molecular complexity index is 207. The van der Waals surface area contributed by atoms with Gasteiger partial charge in [0.05, 0.1) is 0 Å². The number of nitrogens with two attached hydrogens (primary N) is 1. The maximum atomic E-state index is 11.7. The summed E-state index contributed by atoms with van der Waals surface area (Å²) in [5, 5.41) is 0. The summed E-state index contributed by atoms with van der Waals surface area (Å²) in [5.41, 5.74) is 5.79. The van der Waals surface area contributed by atoms with Gasteiger partial charge in [-0.25, -0.2) is 0 Å². The lowest BCUT2D eigenvalue weighted by Gasteiger charge is -2.26. The molecular weight excluding hydrogens is 186 g/mol. The lowest BCUT2D eigenvalue weighted by Crippen LogP contribution is -2.20. The van der Waals surface area contributed by atoms with Crippen LogP contribution in [-0.4, -0.2) is 12.3 Å². The maximum absolute atomic E-state index is 11.7. The smallest absolute Gasteiger partial charge is 0.133 e. The molecule has 0 saturated heterocycles. The Kier molecular flexibility index (Phi) is 4.78. The molecule has 0 aromatic heterocycles. The van der Waals surface area contributed by atoms with Gasteiger partial charge < -0.3 is 5.73 Å². The summed E-state index contributed by atoms with van der Waals surface area (Å²) in [7, 11) is 0. The summed E-state index contributed by atoms with van der Waals surface area (Å²) >= 11 is 0. The van der Waals surface area contributed by atoms with Gasteiger partial charge in [-0.3, -0.25) is 4.79 Å². The fraction of sp³-hybridized carbons (Fsp3) is 0.923. The molecule has 88 valence electrons. The monoisotopic (exact) mass is 211 g/mol. The minimum absolute atomic E-state index is 0.240. The Hall–Kier alpha value is -0.370. The number of carbonyl (C=O) groups is 1. The highest BCUT2D eigenvalue weighted by Gasteiger charge is 2.22.